The number of rotatable bonds is 2. The van der Waals surface area contributed by atoms with Crippen LogP contribution in [0.25, 0.3) is 11.0 Å². The molecule has 0 radical (unpaired) electrons. The van der Waals surface area contributed by atoms with Gasteiger partial charge < -0.3 is 10.1 Å². The summed E-state index contributed by atoms with van der Waals surface area (Å²) in [7, 11) is 0. The smallest absolute Gasteiger partial charge is 0.137 e. The summed E-state index contributed by atoms with van der Waals surface area (Å²) in [4.78, 5) is 7.39. The van der Waals surface area contributed by atoms with Crippen molar-refractivity contribution in [2.24, 2.45) is 0 Å². The van der Waals surface area contributed by atoms with E-state index < -0.39 is 0 Å². The van der Waals surface area contributed by atoms with E-state index in [2.05, 4.69) is 22.1 Å². The molecular weight excluding hydrogens is 212 g/mol. The largest absolute Gasteiger partial charge is 0.506 e. The van der Waals surface area contributed by atoms with Gasteiger partial charge in [-0.25, -0.2) is 4.98 Å². The van der Waals surface area contributed by atoms with Gasteiger partial charge in [0.2, 0.25) is 0 Å². The molecule has 0 spiro atoms. The van der Waals surface area contributed by atoms with E-state index in [4.69, 9.17) is 0 Å². The first-order valence-electron chi connectivity index (χ1n) is 5.52. The minimum atomic E-state index is 0.197. The molecule has 17 heavy (non-hydrogen) atoms. The van der Waals surface area contributed by atoms with E-state index in [1.165, 1.54) is 11.8 Å². The summed E-state index contributed by atoms with van der Waals surface area (Å²) in [6.07, 6.45) is 2.29. The van der Waals surface area contributed by atoms with E-state index in [1.807, 2.05) is 24.3 Å². The van der Waals surface area contributed by atoms with Crippen LogP contribution >= 0.6 is 0 Å². The lowest BCUT2D eigenvalue weighted by atomic mass is 10.1. The van der Waals surface area contributed by atoms with Gasteiger partial charge in [0.1, 0.15) is 11.4 Å². The number of aromatic hydroxyl groups is 1. The van der Waals surface area contributed by atoms with E-state index in [0.717, 1.165) is 23.1 Å². The molecule has 2 aromatic heterocycles. The Labute approximate surface area is 98.8 Å². The Morgan fingerprint density at radius 1 is 1.12 bits per heavy atom. The van der Waals surface area contributed by atoms with Crippen LogP contribution in [0.4, 0.5) is 0 Å². The van der Waals surface area contributed by atoms with Crippen molar-refractivity contribution in [3.05, 3.63) is 59.9 Å². The van der Waals surface area contributed by atoms with Crippen LogP contribution < -0.4 is 0 Å². The van der Waals surface area contributed by atoms with Crippen LogP contribution in [-0.4, -0.2) is 15.1 Å². The Kier molecular flexibility index (Phi) is 2.29. The Bertz CT molecular complexity index is 644. The van der Waals surface area contributed by atoms with E-state index in [9.17, 15) is 5.11 Å². The van der Waals surface area contributed by atoms with Crippen LogP contribution in [-0.2, 0) is 6.42 Å². The average Bonchev–Trinajstić information content (AvgIpc) is 2.71. The molecule has 3 heteroatoms. The van der Waals surface area contributed by atoms with Crippen molar-refractivity contribution in [1.29, 1.82) is 0 Å². The maximum absolute atomic E-state index is 9.35. The normalized spacial score (nSPS) is 10.8. The fraction of sp³-hybridized carbons (Fsp3) is 0.0714. The highest BCUT2D eigenvalue weighted by molar-refractivity contribution is 5.77. The van der Waals surface area contributed by atoms with Crippen molar-refractivity contribution in [2.75, 3.05) is 0 Å². The summed E-state index contributed by atoms with van der Waals surface area (Å²) in [5.74, 6) is 0.197. The molecule has 0 saturated heterocycles. The summed E-state index contributed by atoms with van der Waals surface area (Å²) in [6.45, 7) is 0. The number of fused-ring (bicyclic) bond motifs is 1. The van der Waals surface area contributed by atoms with E-state index >= 15 is 0 Å². The van der Waals surface area contributed by atoms with Gasteiger partial charge in [-0.1, -0.05) is 30.3 Å². The molecule has 0 fully saturated rings. The molecule has 3 nitrogen and oxygen atoms in total. The zero-order valence-corrected chi connectivity index (χ0v) is 9.22. The first kappa shape index (κ1) is 9.90. The summed E-state index contributed by atoms with van der Waals surface area (Å²) < 4.78 is 0. The molecule has 0 aliphatic carbocycles. The molecular formula is C14H12N2O. The molecule has 1 aromatic carbocycles. The molecule has 2 N–H and O–H groups in total. The molecule has 0 saturated carbocycles. The third kappa shape index (κ3) is 1.99. The van der Waals surface area contributed by atoms with Crippen molar-refractivity contribution in [3.8, 4) is 5.75 Å². The predicted molar refractivity (Wildman–Crippen MR) is 67.0 cm³/mol. The Balaban J connectivity index is 1.96. The number of nitrogens with zero attached hydrogens (tertiary/aromatic N) is 1. The zero-order valence-electron chi connectivity index (χ0n) is 9.22. The van der Waals surface area contributed by atoms with Gasteiger partial charge in [0.05, 0.1) is 6.20 Å². The minimum Gasteiger partial charge on any atom is -0.506 e. The fourth-order valence-corrected chi connectivity index (χ4v) is 1.97. The molecule has 0 bridgehead atoms. The van der Waals surface area contributed by atoms with Gasteiger partial charge in [0, 0.05) is 17.5 Å². The summed E-state index contributed by atoms with van der Waals surface area (Å²) in [5.41, 5.74) is 3.17. The predicted octanol–water partition coefficient (Wildman–Crippen LogP) is 2.86. The fourth-order valence-electron chi connectivity index (χ4n) is 1.97. The van der Waals surface area contributed by atoms with Gasteiger partial charge in [-0.05, 0) is 17.7 Å². The van der Waals surface area contributed by atoms with Gasteiger partial charge in [0.15, 0.2) is 0 Å². The van der Waals surface area contributed by atoms with Gasteiger partial charge >= 0.3 is 0 Å². The standard InChI is InChI=1S/C14H12N2O/c17-13-8-11-7-12(16-14(11)15-9-13)6-10-4-2-1-3-5-10/h1-5,7-9,17H,6H2,(H,15,16). The number of aromatic amines is 1. The topological polar surface area (TPSA) is 48.9 Å². The molecule has 0 amide bonds. The van der Waals surface area contributed by atoms with Crippen molar-refractivity contribution in [1.82, 2.24) is 9.97 Å². The summed E-state index contributed by atoms with van der Waals surface area (Å²) >= 11 is 0. The highest BCUT2D eigenvalue weighted by Gasteiger charge is 2.03. The van der Waals surface area contributed by atoms with Crippen LogP contribution in [0, 0.1) is 0 Å². The Morgan fingerprint density at radius 2 is 1.94 bits per heavy atom. The van der Waals surface area contributed by atoms with Crippen LogP contribution in [0.5, 0.6) is 5.75 Å². The van der Waals surface area contributed by atoms with E-state index in [-0.39, 0.29) is 5.75 Å². The number of H-pyrrole nitrogens is 1. The second-order valence-corrected chi connectivity index (χ2v) is 4.09. The number of aromatic nitrogens is 2. The molecule has 0 unspecified atom stereocenters. The third-order valence-electron chi connectivity index (χ3n) is 2.75. The number of benzene rings is 1. The number of hydrogen-bond acceptors (Lipinski definition) is 2. The van der Waals surface area contributed by atoms with Crippen LogP contribution in [0.3, 0.4) is 0 Å². The number of hydrogen-bond donors (Lipinski definition) is 2. The summed E-state index contributed by atoms with van der Waals surface area (Å²) in [5, 5.41) is 10.3. The van der Waals surface area contributed by atoms with Crippen molar-refractivity contribution in [2.45, 2.75) is 6.42 Å². The lowest BCUT2D eigenvalue weighted by Gasteiger charge is -1.97. The lowest BCUT2D eigenvalue weighted by molar-refractivity contribution is 0.474. The van der Waals surface area contributed by atoms with Crippen molar-refractivity contribution >= 4 is 11.0 Å². The van der Waals surface area contributed by atoms with Gasteiger partial charge in [0.25, 0.3) is 0 Å². The second-order valence-electron chi connectivity index (χ2n) is 4.09. The minimum absolute atomic E-state index is 0.197. The number of nitrogens with one attached hydrogen (secondary N) is 1. The number of pyridine rings is 1. The maximum atomic E-state index is 9.35. The van der Waals surface area contributed by atoms with E-state index in [1.54, 1.807) is 6.07 Å². The molecule has 84 valence electrons. The quantitative estimate of drug-likeness (QED) is 0.703. The van der Waals surface area contributed by atoms with Crippen molar-refractivity contribution in [3.63, 3.8) is 0 Å². The third-order valence-corrected chi connectivity index (χ3v) is 2.75. The van der Waals surface area contributed by atoms with Crippen LogP contribution in [0.15, 0.2) is 48.7 Å². The van der Waals surface area contributed by atoms with Gasteiger partial charge in [-0.2, -0.15) is 0 Å². The maximum Gasteiger partial charge on any atom is 0.137 e. The average molecular weight is 224 g/mol. The summed E-state index contributed by atoms with van der Waals surface area (Å²) in [6, 6.07) is 14.0. The highest BCUT2D eigenvalue weighted by atomic mass is 16.3. The first-order valence-corrected chi connectivity index (χ1v) is 5.52. The zero-order chi connectivity index (χ0) is 11.7. The SMILES string of the molecule is Oc1cnc2[nH]c(Cc3ccccc3)cc2c1. The molecule has 3 aromatic rings. The van der Waals surface area contributed by atoms with Crippen LogP contribution in [0.1, 0.15) is 11.3 Å². The molecule has 2 heterocycles. The van der Waals surface area contributed by atoms with Gasteiger partial charge in [-0.3, -0.25) is 0 Å². The monoisotopic (exact) mass is 224 g/mol. The Morgan fingerprint density at radius 3 is 2.76 bits per heavy atom. The van der Waals surface area contributed by atoms with Gasteiger partial charge in [-0.15, -0.1) is 0 Å². The molecule has 0 aliphatic heterocycles. The second kappa shape index (κ2) is 3.94. The van der Waals surface area contributed by atoms with Crippen molar-refractivity contribution < 1.29 is 5.11 Å². The van der Waals surface area contributed by atoms with Crippen LogP contribution in [0.2, 0.25) is 0 Å². The highest BCUT2D eigenvalue weighted by Crippen LogP contribution is 2.19. The lowest BCUT2D eigenvalue weighted by Crippen LogP contribution is -1.86. The Hall–Kier alpha value is -2.29. The van der Waals surface area contributed by atoms with E-state index in [0.29, 0.717) is 0 Å². The molecule has 3 rings (SSSR count). The first-order chi connectivity index (χ1) is 8.31. The molecule has 0 aliphatic rings. The molecule has 0 atom stereocenters.